The first-order valence-electron chi connectivity index (χ1n) is 6.93. The van der Waals surface area contributed by atoms with Crippen molar-refractivity contribution in [1.82, 2.24) is 0 Å². The van der Waals surface area contributed by atoms with Gasteiger partial charge in [0, 0.05) is 11.8 Å². The first kappa shape index (κ1) is 16.5. The second kappa shape index (κ2) is 7.96. The van der Waals surface area contributed by atoms with Crippen LogP contribution >= 0.6 is 17.0 Å². The zero-order chi connectivity index (χ0) is 14.5. The topological polar surface area (TPSA) is 32.6 Å². The van der Waals surface area contributed by atoms with Crippen molar-refractivity contribution < 1.29 is 26.0 Å². The van der Waals surface area contributed by atoms with E-state index in [0.717, 1.165) is 23.0 Å². The number of halogens is 2. The van der Waals surface area contributed by atoms with Crippen LogP contribution in [0.4, 0.5) is 0 Å². The number of hydrogen-bond acceptors (Lipinski definition) is 2. The molecule has 108 valence electrons. The zero-order valence-electron chi connectivity index (χ0n) is 11.5. The summed E-state index contributed by atoms with van der Waals surface area (Å²) < 4.78 is 0. The number of phenols is 1. The molecule has 2 nitrogen and oxygen atoms in total. The van der Waals surface area contributed by atoms with E-state index in [0.29, 0.717) is 11.8 Å². The van der Waals surface area contributed by atoms with E-state index in [2.05, 4.69) is 4.99 Å². The molecule has 5 heteroatoms. The van der Waals surface area contributed by atoms with Crippen molar-refractivity contribution in [2.24, 2.45) is 16.8 Å². The van der Waals surface area contributed by atoms with Gasteiger partial charge in [-0.05, 0) is 56.1 Å². The van der Waals surface area contributed by atoms with E-state index in [4.69, 9.17) is 17.0 Å². The van der Waals surface area contributed by atoms with Crippen LogP contribution in [0.3, 0.4) is 0 Å². The number of phenolic OH excluding ortho intramolecular Hbond substituents is 1. The maximum atomic E-state index is 9.90. The van der Waals surface area contributed by atoms with Gasteiger partial charge in [0.15, 0.2) is 0 Å². The second-order valence-corrected chi connectivity index (χ2v) is 9.32. The predicted octanol–water partition coefficient (Wildman–Crippen LogP) is 4.68. The van der Waals surface area contributed by atoms with Gasteiger partial charge >= 0.3 is 37.9 Å². The van der Waals surface area contributed by atoms with Gasteiger partial charge in [-0.25, -0.2) is 0 Å². The summed E-state index contributed by atoms with van der Waals surface area (Å²) in [4.78, 5) is 4.65. The van der Waals surface area contributed by atoms with Crippen LogP contribution in [-0.2, 0) is 20.8 Å². The molecule has 1 aromatic rings. The second-order valence-electron chi connectivity index (χ2n) is 5.59. The third-order valence-corrected chi connectivity index (χ3v) is 4.21. The Labute approximate surface area is 139 Å². The molecule has 3 atom stereocenters. The molecule has 2 fully saturated rings. The van der Waals surface area contributed by atoms with E-state index in [-0.39, 0.29) is 0 Å². The molecule has 0 bridgehead atoms. The number of aryl methyl sites for hydroxylation is 1. The van der Waals surface area contributed by atoms with Gasteiger partial charge in [0.05, 0.1) is 6.04 Å². The number of fused-ring (bicyclic) bond motifs is 1. The average Bonchev–Trinajstić information content (AvgIpc) is 3.20. The number of aliphatic imine (C=N–C) groups is 1. The van der Waals surface area contributed by atoms with Crippen molar-refractivity contribution in [1.29, 1.82) is 0 Å². The van der Waals surface area contributed by atoms with Gasteiger partial charge in [-0.3, -0.25) is 4.99 Å². The number of rotatable bonds is 2. The molecule has 2 aliphatic carbocycles. The molecule has 1 aromatic carbocycles. The van der Waals surface area contributed by atoms with E-state index in [1.165, 1.54) is 25.7 Å². The molecule has 2 saturated carbocycles. The normalized spacial score (nSPS) is 27.4. The van der Waals surface area contributed by atoms with Crippen LogP contribution < -0.4 is 0 Å². The third kappa shape index (κ3) is 4.58. The molecule has 2 aliphatic rings. The monoisotopic (exact) mass is 389 g/mol. The summed E-state index contributed by atoms with van der Waals surface area (Å²) in [5, 5.41) is 9.90. The van der Waals surface area contributed by atoms with Crippen LogP contribution in [0.2, 0.25) is 0 Å². The minimum atomic E-state index is -0.826. The zero-order valence-corrected chi connectivity index (χ0v) is 15.5. The molecule has 0 heterocycles. The van der Waals surface area contributed by atoms with E-state index in [9.17, 15) is 5.11 Å². The Hall–Kier alpha value is 0.153. The summed E-state index contributed by atoms with van der Waals surface area (Å²) in [5.41, 5.74) is 1.77. The molecule has 0 saturated heterocycles. The number of hydrogen-bond donors (Lipinski definition) is 1. The van der Waals surface area contributed by atoms with E-state index in [1.54, 1.807) is 0 Å². The van der Waals surface area contributed by atoms with Crippen LogP contribution in [0.15, 0.2) is 23.2 Å². The van der Waals surface area contributed by atoms with Crippen LogP contribution in [0.5, 0.6) is 5.75 Å². The average molecular weight is 391 g/mol. The molecule has 3 rings (SSSR count). The minimum absolute atomic E-state index is 0.372. The fourth-order valence-electron chi connectivity index (χ4n) is 2.93. The third-order valence-electron chi connectivity index (χ3n) is 4.21. The molecule has 0 aliphatic heterocycles. The van der Waals surface area contributed by atoms with E-state index in [1.807, 2.05) is 31.3 Å². The molecular formula is C15H19Cl2NOZr. The number of nitrogens with zero attached hydrogens (tertiary/aromatic N) is 1. The van der Waals surface area contributed by atoms with Gasteiger partial charge < -0.3 is 5.11 Å². The first-order chi connectivity index (χ1) is 9.65. The Bertz CT molecular complexity index is 481. The molecule has 0 aromatic heterocycles. The predicted molar refractivity (Wildman–Crippen MR) is 81.4 cm³/mol. The van der Waals surface area contributed by atoms with Crippen LogP contribution in [0, 0.1) is 18.8 Å². The summed E-state index contributed by atoms with van der Waals surface area (Å²) in [6.07, 6.45) is 7.13. The van der Waals surface area contributed by atoms with E-state index >= 15 is 0 Å². The molecule has 0 radical (unpaired) electrons. The van der Waals surface area contributed by atoms with Crippen molar-refractivity contribution >= 4 is 23.2 Å². The quantitative estimate of drug-likeness (QED) is 0.730. The molecule has 0 amide bonds. The number of para-hydroxylation sites is 1. The Balaban J connectivity index is 0.000000452. The molecule has 20 heavy (non-hydrogen) atoms. The van der Waals surface area contributed by atoms with Crippen molar-refractivity contribution in [3.63, 3.8) is 0 Å². The van der Waals surface area contributed by atoms with Gasteiger partial charge in [-0.15, -0.1) is 0 Å². The maximum absolute atomic E-state index is 9.90. The van der Waals surface area contributed by atoms with Crippen molar-refractivity contribution in [2.45, 2.75) is 38.6 Å². The molecule has 3 unspecified atom stereocenters. The summed E-state index contributed by atoms with van der Waals surface area (Å²) in [5.74, 6) is 2.35. The van der Waals surface area contributed by atoms with Crippen LogP contribution in [-0.4, -0.2) is 17.4 Å². The fraction of sp³-hybridized carbons (Fsp3) is 0.533. The van der Waals surface area contributed by atoms with Gasteiger partial charge in [0.1, 0.15) is 5.75 Å². The standard InChI is InChI=1S/C15H19NO.2ClH.Zr/c1-10-3-2-4-12(15(10)17)9-16-14-6-5-11-7-13(11)8-14;;;/h2-4,9,11,13-14,17H,5-8H2,1H3;2*1H;/q;;;+2/p-2. The molecular weight excluding hydrogens is 372 g/mol. The summed E-state index contributed by atoms with van der Waals surface area (Å²) in [6.45, 7) is 1.92. The SMILES string of the molecule is Cc1cccc(C=NC2CCC3CC3C2)c1O.[Cl][Zr][Cl]. The van der Waals surface area contributed by atoms with Gasteiger partial charge in [0.2, 0.25) is 0 Å². The Morgan fingerprint density at radius 1 is 1.25 bits per heavy atom. The Morgan fingerprint density at radius 3 is 2.70 bits per heavy atom. The number of benzene rings is 1. The van der Waals surface area contributed by atoms with Crippen molar-refractivity contribution in [3.8, 4) is 5.75 Å². The van der Waals surface area contributed by atoms with Gasteiger partial charge in [0.25, 0.3) is 0 Å². The van der Waals surface area contributed by atoms with Crippen LogP contribution in [0.25, 0.3) is 0 Å². The fourth-order valence-corrected chi connectivity index (χ4v) is 2.93. The first-order valence-corrected chi connectivity index (χ1v) is 13.3. The summed E-state index contributed by atoms with van der Waals surface area (Å²) in [7, 11) is 9.87. The number of aromatic hydroxyl groups is 1. The summed E-state index contributed by atoms with van der Waals surface area (Å²) >= 11 is -0.826. The van der Waals surface area contributed by atoms with Gasteiger partial charge in [-0.1, -0.05) is 12.1 Å². The van der Waals surface area contributed by atoms with E-state index < -0.39 is 20.8 Å². The Kier molecular flexibility index (Phi) is 6.58. The molecule has 1 N–H and O–H groups in total. The molecule has 0 spiro atoms. The van der Waals surface area contributed by atoms with Gasteiger partial charge in [-0.2, -0.15) is 0 Å². The Morgan fingerprint density at radius 2 is 2.00 bits per heavy atom. The van der Waals surface area contributed by atoms with Crippen molar-refractivity contribution in [3.05, 3.63) is 29.3 Å². The van der Waals surface area contributed by atoms with Crippen LogP contribution in [0.1, 0.15) is 36.8 Å². The van der Waals surface area contributed by atoms with Crippen molar-refractivity contribution in [2.75, 3.05) is 0 Å². The summed E-state index contributed by atoms with van der Waals surface area (Å²) in [6, 6.07) is 6.30.